The van der Waals surface area contributed by atoms with Crippen LogP contribution >= 0.6 is 15.9 Å². The summed E-state index contributed by atoms with van der Waals surface area (Å²) >= 11 is 3.40. The Morgan fingerprint density at radius 2 is 1.55 bits per heavy atom. The largest absolute Gasteiger partial charge is 0.369 e. The molecule has 0 aliphatic heterocycles. The Hall–Kier alpha value is -4.08. The molecule has 0 saturated carbocycles. The Labute approximate surface area is 199 Å². The van der Waals surface area contributed by atoms with Gasteiger partial charge in [-0.25, -0.2) is 4.99 Å². The van der Waals surface area contributed by atoms with Crippen LogP contribution in [-0.4, -0.2) is 27.2 Å². The first-order valence-electron chi connectivity index (χ1n) is 9.96. The van der Waals surface area contributed by atoms with Crippen molar-refractivity contribution in [3.05, 3.63) is 101 Å². The maximum Gasteiger partial charge on any atom is 0.199 e. The van der Waals surface area contributed by atoms with E-state index in [1.165, 1.54) is 0 Å². The molecule has 9 heteroatoms. The third kappa shape index (κ3) is 5.79. The van der Waals surface area contributed by atoms with Crippen molar-refractivity contribution in [3.63, 3.8) is 0 Å². The molecule has 0 bridgehead atoms. The molecule has 8 nitrogen and oxygen atoms in total. The molecule has 0 radical (unpaired) electrons. The van der Waals surface area contributed by atoms with Gasteiger partial charge in [0.15, 0.2) is 17.6 Å². The molecule has 0 saturated heterocycles. The number of para-hydroxylation sites is 2. The maximum atomic E-state index is 9.61. The first-order chi connectivity index (χ1) is 16.1. The molecular formula is C24H20BrN7O. The monoisotopic (exact) mass is 501 g/mol. The van der Waals surface area contributed by atoms with E-state index in [0.717, 1.165) is 15.7 Å². The zero-order chi connectivity index (χ0) is 23.0. The van der Waals surface area contributed by atoms with Gasteiger partial charge >= 0.3 is 0 Å². The number of nitrogens with zero attached hydrogens (tertiary/aromatic N) is 4. The number of hydrogen-bond donors (Lipinski definition) is 4. The molecular weight excluding hydrogens is 482 g/mol. The smallest absolute Gasteiger partial charge is 0.199 e. The Morgan fingerprint density at radius 3 is 2.24 bits per heavy atom. The lowest BCUT2D eigenvalue weighted by Crippen LogP contribution is -2.23. The molecule has 0 aliphatic rings. The molecule has 0 fully saturated rings. The number of anilines is 1. The fraction of sp³-hybridized carbons (Fsp3) is 0. The van der Waals surface area contributed by atoms with Crippen molar-refractivity contribution in [3.8, 4) is 11.3 Å². The van der Waals surface area contributed by atoms with Gasteiger partial charge in [-0.3, -0.25) is 10.7 Å². The van der Waals surface area contributed by atoms with E-state index in [0.29, 0.717) is 22.8 Å². The van der Waals surface area contributed by atoms with E-state index in [1.807, 2.05) is 78.9 Å². The van der Waals surface area contributed by atoms with Crippen LogP contribution in [0.3, 0.4) is 0 Å². The van der Waals surface area contributed by atoms with Gasteiger partial charge in [0.1, 0.15) is 0 Å². The molecule has 5 N–H and O–H groups in total. The third-order valence-electron chi connectivity index (χ3n) is 4.58. The molecule has 1 heterocycles. The number of halogens is 1. The van der Waals surface area contributed by atoms with Crippen LogP contribution in [0.4, 0.5) is 17.2 Å². The van der Waals surface area contributed by atoms with Gasteiger partial charge in [-0.2, -0.15) is 4.99 Å². The van der Waals surface area contributed by atoms with Crippen molar-refractivity contribution in [2.24, 2.45) is 15.7 Å². The summed E-state index contributed by atoms with van der Waals surface area (Å²) in [5, 5.41) is 21.0. The van der Waals surface area contributed by atoms with Crippen LogP contribution in [0.2, 0.25) is 0 Å². The highest BCUT2D eigenvalue weighted by Crippen LogP contribution is 2.25. The van der Waals surface area contributed by atoms with Gasteiger partial charge in [-0.15, -0.1) is 10.2 Å². The summed E-state index contributed by atoms with van der Waals surface area (Å²) in [5.41, 5.74) is 11.8. The lowest BCUT2D eigenvalue weighted by molar-refractivity contribution is 0.235. The normalized spacial score (nSPS) is 11.8. The number of nitrogens with two attached hydrogens (primary N) is 1. The van der Waals surface area contributed by atoms with Crippen molar-refractivity contribution in [2.45, 2.75) is 0 Å². The minimum atomic E-state index is 0.126. The second-order valence-electron chi connectivity index (χ2n) is 6.86. The number of aliphatic imine (C=N–C) groups is 2. The van der Waals surface area contributed by atoms with Crippen molar-refractivity contribution in [2.75, 3.05) is 5.32 Å². The van der Waals surface area contributed by atoms with Crippen LogP contribution in [-0.2, 0) is 0 Å². The Morgan fingerprint density at radius 1 is 0.818 bits per heavy atom. The first-order valence-corrected chi connectivity index (χ1v) is 10.8. The molecule has 4 aromatic rings. The topological polar surface area (TPSA) is 121 Å². The molecule has 33 heavy (non-hydrogen) atoms. The van der Waals surface area contributed by atoms with Crippen LogP contribution in [0.25, 0.3) is 11.3 Å². The SMILES string of the molecule is NC(=Nc1ccc(-c2ccccc2)nn1)Nc1ccccc1N=C(NO)c1ccc(Br)cc1. The number of benzene rings is 3. The number of rotatable bonds is 5. The van der Waals surface area contributed by atoms with E-state index in [-0.39, 0.29) is 11.8 Å². The van der Waals surface area contributed by atoms with Crippen LogP contribution in [0, 0.1) is 0 Å². The molecule has 0 unspecified atom stereocenters. The molecule has 0 atom stereocenters. The summed E-state index contributed by atoms with van der Waals surface area (Å²) in [6.45, 7) is 0. The summed E-state index contributed by atoms with van der Waals surface area (Å²) in [6.07, 6.45) is 0. The average Bonchev–Trinajstić information content (AvgIpc) is 2.85. The minimum absolute atomic E-state index is 0.126. The Bertz CT molecular complexity index is 1270. The predicted octanol–water partition coefficient (Wildman–Crippen LogP) is 5.02. The van der Waals surface area contributed by atoms with Gasteiger partial charge in [0.05, 0.1) is 17.1 Å². The van der Waals surface area contributed by atoms with Crippen LogP contribution in [0.5, 0.6) is 0 Å². The van der Waals surface area contributed by atoms with E-state index in [9.17, 15) is 5.21 Å². The number of nitrogens with one attached hydrogen (secondary N) is 2. The first kappa shape index (κ1) is 22.1. The second-order valence-corrected chi connectivity index (χ2v) is 7.78. The summed E-state index contributed by atoms with van der Waals surface area (Å²) in [6, 6.07) is 28.0. The molecule has 164 valence electrons. The quantitative estimate of drug-likeness (QED) is 0.173. The van der Waals surface area contributed by atoms with Crippen molar-refractivity contribution in [1.82, 2.24) is 15.7 Å². The number of guanidine groups is 1. The van der Waals surface area contributed by atoms with Gasteiger partial charge in [0.25, 0.3) is 0 Å². The Kier molecular flexibility index (Phi) is 7.03. The fourth-order valence-electron chi connectivity index (χ4n) is 3.00. The van der Waals surface area contributed by atoms with Crippen molar-refractivity contribution >= 4 is 44.9 Å². The van der Waals surface area contributed by atoms with Gasteiger partial charge in [0.2, 0.25) is 0 Å². The summed E-state index contributed by atoms with van der Waals surface area (Å²) in [5.74, 6) is 0.782. The number of hydrogen-bond acceptors (Lipinski definition) is 5. The van der Waals surface area contributed by atoms with Crippen LogP contribution in [0.15, 0.2) is 105 Å². The second kappa shape index (κ2) is 10.5. The van der Waals surface area contributed by atoms with E-state index < -0.39 is 0 Å². The van der Waals surface area contributed by atoms with Gasteiger partial charge in [-0.05, 0) is 36.4 Å². The van der Waals surface area contributed by atoms with E-state index >= 15 is 0 Å². The van der Waals surface area contributed by atoms with Crippen LogP contribution < -0.4 is 16.5 Å². The highest BCUT2D eigenvalue weighted by molar-refractivity contribution is 9.10. The van der Waals surface area contributed by atoms with Gasteiger partial charge in [0, 0.05) is 15.6 Å². The van der Waals surface area contributed by atoms with E-state index in [1.54, 1.807) is 12.1 Å². The molecule has 1 aromatic heterocycles. The van der Waals surface area contributed by atoms with Gasteiger partial charge < -0.3 is 11.1 Å². The van der Waals surface area contributed by atoms with Crippen molar-refractivity contribution in [1.29, 1.82) is 0 Å². The van der Waals surface area contributed by atoms with E-state index in [4.69, 9.17) is 5.73 Å². The maximum absolute atomic E-state index is 9.61. The molecule has 4 rings (SSSR count). The summed E-state index contributed by atoms with van der Waals surface area (Å²) in [7, 11) is 0. The zero-order valence-electron chi connectivity index (χ0n) is 17.4. The van der Waals surface area contributed by atoms with E-state index in [2.05, 4.69) is 46.9 Å². The predicted molar refractivity (Wildman–Crippen MR) is 134 cm³/mol. The standard InChI is InChI=1S/C24H20BrN7O/c25-18-12-10-17(11-13-18)23(32-33)27-20-8-4-5-9-21(20)28-24(26)29-22-15-14-19(30-31-22)16-6-2-1-3-7-16/h1-15,33H,(H,27,32)(H3,26,28,29,31). The zero-order valence-corrected chi connectivity index (χ0v) is 18.9. The van der Waals surface area contributed by atoms with Gasteiger partial charge in [-0.1, -0.05) is 70.5 Å². The third-order valence-corrected chi connectivity index (χ3v) is 5.11. The molecule has 0 aliphatic carbocycles. The summed E-state index contributed by atoms with van der Waals surface area (Å²) in [4.78, 5) is 8.81. The molecule has 0 spiro atoms. The summed E-state index contributed by atoms with van der Waals surface area (Å²) < 4.78 is 0.925. The van der Waals surface area contributed by atoms with Crippen LogP contribution in [0.1, 0.15) is 5.56 Å². The molecule has 3 aromatic carbocycles. The van der Waals surface area contributed by atoms with Crippen molar-refractivity contribution < 1.29 is 5.21 Å². The average molecular weight is 502 g/mol. The molecule has 0 amide bonds. The minimum Gasteiger partial charge on any atom is -0.369 e. The lowest BCUT2D eigenvalue weighted by Gasteiger charge is -2.10. The number of amidine groups is 1. The number of aromatic nitrogens is 2. The highest BCUT2D eigenvalue weighted by atomic mass is 79.9. The highest BCUT2D eigenvalue weighted by Gasteiger charge is 2.07. The number of hydroxylamine groups is 1. The fourth-order valence-corrected chi connectivity index (χ4v) is 3.26. The lowest BCUT2D eigenvalue weighted by atomic mass is 10.1. The Balaban J connectivity index is 1.54.